The molecule has 0 heterocycles. The van der Waals surface area contributed by atoms with E-state index in [1.54, 1.807) is 0 Å². The zero-order chi connectivity index (χ0) is 9.90. The van der Waals surface area contributed by atoms with Crippen molar-refractivity contribution in [3.63, 3.8) is 0 Å². The predicted molar refractivity (Wildman–Crippen MR) is 58.5 cm³/mol. The SMILES string of the molecule is CCC(N)C(C)(C)C1C=CCCC1. The van der Waals surface area contributed by atoms with Gasteiger partial charge >= 0.3 is 0 Å². The third-order valence-corrected chi connectivity index (χ3v) is 3.61. The van der Waals surface area contributed by atoms with Crippen LogP contribution in [0.4, 0.5) is 0 Å². The minimum Gasteiger partial charge on any atom is -0.327 e. The monoisotopic (exact) mass is 181 g/mol. The summed E-state index contributed by atoms with van der Waals surface area (Å²) in [6.45, 7) is 6.79. The average Bonchev–Trinajstić information content (AvgIpc) is 2.18. The van der Waals surface area contributed by atoms with E-state index in [0.29, 0.717) is 12.0 Å². The van der Waals surface area contributed by atoms with Crippen LogP contribution in [0.15, 0.2) is 12.2 Å². The molecule has 2 N–H and O–H groups in total. The van der Waals surface area contributed by atoms with Gasteiger partial charge in [-0.1, -0.05) is 32.9 Å². The lowest BCUT2D eigenvalue weighted by Gasteiger charge is -2.38. The first-order valence-electron chi connectivity index (χ1n) is 5.51. The molecule has 1 aliphatic carbocycles. The number of nitrogens with two attached hydrogens (primary N) is 1. The van der Waals surface area contributed by atoms with E-state index in [0.717, 1.165) is 6.42 Å². The summed E-state index contributed by atoms with van der Waals surface area (Å²) in [5, 5.41) is 0. The lowest BCUT2D eigenvalue weighted by molar-refractivity contribution is 0.183. The summed E-state index contributed by atoms with van der Waals surface area (Å²) in [6, 6.07) is 0.334. The van der Waals surface area contributed by atoms with Crippen LogP contribution >= 0.6 is 0 Å². The fourth-order valence-corrected chi connectivity index (χ4v) is 2.23. The molecule has 0 aromatic rings. The summed E-state index contributed by atoms with van der Waals surface area (Å²) in [6.07, 6.45) is 9.68. The Hall–Kier alpha value is -0.300. The van der Waals surface area contributed by atoms with Crippen molar-refractivity contribution in [2.24, 2.45) is 17.1 Å². The van der Waals surface area contributed by atoms with Crippen molar-refractivity contribution in [3.8, 4) is 0 Å². The molecule has 0 spiro atoms. The maximum absolute atomic E-state index is 6.15. The van der Waals surface area contributed by atoms with Crippen LogP contribution in [-0.2, 0) is 0 Å². The highest BCUT2D eigenvalue weighted by atomic mass is 14.7. The highest BCUT2D eigenvalue weighted by Crippen LogP contribution is 2.37. The first-order valence-corrected chi connectivity index (χ1v) is 5.51. The molecule has 0 fully saturated rings. The third kappa shape index (κ3) is 2.34. The van der Waals surface area contributed by atoms with E-state index in [4.69, 9.17) is 5.73 Å². The topological polar surface area (TPSA) is 26.0 Å². The van der Waals surface area contributed by atoms with Gasteiger partial charge in [0.15, 0.2) is 0 Å². The molecule has 1 heteroatoms. The van der Waals surface area contributed by atoms with Crippen molar-refractivity contribution in [2.75, 3.05) is 0 Å². The molecule has 0 radical (unpaired) electrons. The van der Waals surface area contributed by atoms with Crippen molar-refractivity contribution >= 4 is 0 Å². The van der Waals surface area contributed by atoms with E-state index >= 15 is 0 Å². The van der Waals surface area contributed by atoms with Gasteiger partial charge in [-0.2, -0.15) is 0 Å². The van der Waals surface area contributed by atoms with Gasteiger partial charge in [0.05, 0.1) is 0 Å². The Morgan fingerprint density at radius 1 is 1.54 bits per heavy atom. The van der Waals surface area contributed by atoms with E-state index < -0.39 is 0 Å². The first kappa shape index (κ1) is 10.8. The number of hydrogen-bond acceptors (Lipinski definition) is 1. The van der Waals surface area contributed by atoms with Crippen molar-refractivity contribution in [3.05, 3.63) is 12.2 Å². The standard InChI is InChI=1S/C12H23N/c1-4-11(13)12(2,3)10-8-6-5-7-9-10/h6,8,10-11H,4-5,7,9,13H2,1-3H3. The Morgan fingerprint density at radius 3 is 2.69 bits per heavy atom. The van der Waals surface area contributed by atoms with Crippen LogP contribution in [0.5, 0.6) is 0 Å². The van der Waals surface area contributed by atoms with E-state index in [1.165, 1.54) is 19.3 Å². The molecule has 76 valence electrons. The molecule has 1 rings (SSSR count). The molecule has 0 aromatic heterocycles. The molecule has 13 heavy (non-hydrogen) atoms. The largest absolute Gasteiger partial charge is 0.327 e. The molecule has 0 aliphatic heterocycles. The highest BCUT2D eigenvalue weighted by molar-refractivity contribution is 5.01. The summed E-state index contributed by atoms with van der Waals surface area (Å²) in [4.78, 5) is 0. The summed E-state index contributed by atoms with van der Waals surface area (Å²) in [5.41, 5.74) is 6.42. The van der Waals surface area contributed by atoms with E-state index in [-0.39, 0.29) is 5.41 Å². The van der Waals surface area contributed by atoms with Crippen LogP contribution < -0.4 is 5.73 Å². The van der Waals surface area contributed by atoms with Crippen LogP contribution in [0.2, 0.25) is 0 Å². The third-order valence-electron chi connectivity index (χ3n) is 3.61. The zero-order valence-corrected chi connectivity index (χ0v) is 9.22. The maximum Gasteiger partial charge on any atom is 0.00932 e. The predicted octanol–water partition coefficient (Wildman–Crippen LogP) is 3.11. The lowest BCUT2D eigenvalue weighted by Crippen LogP contribution is -2.42. The average molecular weight is 181 g/mol. The Kier molecular flexibility index (Phi) is 3.55. The molecule has 2 atom stereocenters. The quantitative estimate of drug-likeness (QED) is 0.665. The minimum absolute atomic E-state index is 0.270. The van der Waals surface area contributed by atoms with Crippen LogP contribution in [0, 0.1) is 11.3 Å². The second-order valence-electron chi connectivity index (χ2n) is 4.80. The number of allylic oxidation sites excluding steroid dienone is 2. The van der Waals surface area contributed by atoms with E-state index in [1.807, 2.05) is 0 Å². The lowest BCUT2D eigenvalue weighted by atomic mass is 9.69. The number of hydrogen-bond donors (Lipinski definition) is 1. The van der Waals surface area contributed by atoms with Gasteiger partial charge in [-0.05, 0) is 37.0 Å². The van der Waals surface area contributed by atoms with Crippen molar-refractivity contribution < 1.29 is 0 Å². The van der Waals surface area contributed by atoms with Gasteiger partial charge < -0.3 is 5.73 Å². The van der Waals surface area contributed by atoms with E-state index in [9.17, 15) is 0 Å². The van der Waals surface area contributed by atoms with Gasteiger partial charge in [0.25, 0.3) is 0 Å². The normalized spacial score (nSPS) is 26.0. The molecule has 0 saturated heterocycles. The zero-order valence-electron chi connectivity index (χ0n) is 9.22. The summed E-state index contributed by atoms with van der Waals surface area (Å²) < 4.78 is 0. The van der Waals surface area contributed by atoms with Crippen LogP contribution in [0.1, 0.15) is 46.5 Å². The fourth-order valence-electron chi connectivity index (χ4n) is 2.23. The molecular weight excluding hydrogens is 158 g/mol. The summed E-state index contributed by atoms with van der Waals surface area (Å²) >= 11 is 0. The van der Waals surface area contributed by atoms with Gasteiger partial charge in [-0.15, -0.1) is 0 Å². The van der Waals surface area contributed by atoms with Crippen molar-refractivity contribution in [1.82, 2.24) is 0 Å². The molecular formula is C12H23N. The van der Waals surface area contributed by atoms with Gasteiger partial charge in [0, 0.05) is 6.04 Å². The second kappa shape index (κ2) is 4.28. The van der Waals surface area contributed by atoms with Gasteiger partial charge in [0.2, 0.25) is 0 Å². The first-order chi connectivity index (χ1) is 6.09. The molecule has 1 aliphatic rings. The fraction of sp³-hybridized carbons (Fsp3) is 0.833. The Bertz CT molecular complexity index is 182. The molecule has 0 aromatic carbocycles. The maximum atomic E-state index is 6.15. The molecule has 0 bridgehead atoms. The Labute approximate surface area is 82.4 Å². The second-order valence-corrected chi connectivity index (χ2v) is 4.80. The van der Waals surface area contributed by atoms with Crippen molar-refractivity contribution in [1.29, 1.82) is 0 Å². The van der Waals surface area contributed by atoms with Gasteiger partial charge in [-0.25, -0.2) is 0 Å². The summed E-state index contributed by atoms with van der Waals surface area (Å²) in [5.74, 6) is 0.691. The van der Waals surface area contributed by atoms with E-state index in [2.05, 4.69) is 32.9 Å². The smallest absolute Gasteiger partial charge is 0.00932 e. The van der Waals surface area contributed by atoms with Gasteiger partial charge in [-0.3, -0.25) is 0 Å². The molecule has 2 unspecified atom stereocenters. The van der Waals surface area contributed by atoms with Gasteiger partial charge in [0.1, 0.15) is 0 Å². The Balaban J connectivity index is 2.66. The Morgan fingerprint density at radius 2 is 2.23 bits per heavy atom. The number of rotatable bonds is 3. The van der Waals surface area contributed by atoms with Crippen LogP contribution in [-0.4, -0.2) is 6.04 Å². The molecule has 0 amide bonds. The van der Waals surface area contributed by atoms with Crippen molar-refractivity contribution in [2.45, 2.75) is 52.5 Å². The summed E-state index contributed by atoms with van der Waals surface area (Å²) in [7, 11) is 0. The molecule has 0 saturated carbocycles. The van der Waals surface area contributed by atoms with Crippen LogP contribution in [0.25, 0.3) is 0 Å². The van der Waals surface area contributed by atoms with Crippen LogP contribution in [0.3, 0.4) is 0 Å². The molecule has 1 nitrogen and oxygen atoms in total. The highest BCUT2D eigenvalue weighted by Gasteiger charge is 2.32. The minimum atomic E-state index is 0.270.